The summed E-state index contributed by atoms with van der Waals surface area (Å²) in [5.41, 5.74) is -0.493. The van der Waals surface area contributed by atoms with Crippen LogP contribution < -0.4 is 0 Å². The summed E-state index contributed by atoms with van der Waals surface area (Å²) >= 11 is 0. The molecule has 2 aromatic carbocycles. The number of hydrogen-bond donors (Lipinski definition) is 1. The van der Waals surface area contributed by atoms with Gasteiger partial charge in [0.1, 0.15) is 0 Å². The average Bonchev–Trinajstić information content (AvgIpc) is 2.90. The van der Waals surface area contributed by atoms with E-state index in [1.165, 1.54) is 6.07 Å². The lowest BCUT2D eigenvalue weighted by atomic mass is 9.86. The van der Waals surface area contributed by atoms with Gasteiger partial charge in [-0.15, -0.1) is 0 Å². The Labute approximate surface area is 179 Å². The topological polar surface area (TPSA) is 57.6 Å². The molecule has 4 nitrogen and oxygen atoms in total. The number of piperidine rings is 1. The second-order valence-corrected chi connectivity index (χ2v) is 9.60. The van der Waals surface area contributed by atoms with Gasteiger partial charge in [-0.2, -0.15) is 13.2 Å². The summed E-state index contributed by atoms with van der Waals surface area (Å²) in [6.45, 7) is 2.10. The number of rotatable bonds is 3. The first kappa shape index (κ1) is 21.8. The minimum absolute atomic E-state index is 0.0696. The Kier molecular flexibility index (Phi) is 5.81. The van der Waals surface area contributed by atoms with Gasteiger partial charge in [0, 0.05) is 19.6 Å². The summed E-state index contributed by atoms with van der Waals surface area (Å²) in [7, 11) is -5.45. The van der Waals surface area contributed by atoms with Crippen LogP contribution in [0.1, 0.15) is 35.1 Å². The van der Waals surface area contributed by atoms with Crippen LogP contribution in [0.4, 0.5) is 13.2 Å². The van der Waals surface area contributed by atoms with E-state index in [2.05, 4.69) is 4.90 Å². The minimum Gasteiger partial charge on any atom is -0.395 e. The maximum atomic E-state index is 13.2. The van der Waals surface area contributed by atoms with E-state index in [4.69, 9.17) is 0 Å². The minimum atomic E-state index is -5.45. The molecule has 4 rings (SSSR count). The third-order valence-electron chi connectivity index (χ3n) is 5.81. The van der Waals surface area contributed by atoms with Crippen molar-refractivity contribution in [3.8, 4) is 0 Å². The number of hydrogen-bond acceptors (Lipinski definition) is 4. The number of β-amino-alcohol motifs (C(OH)–C–C–N with tert-alkyl or cyclic N) is 1. The van der Waals surface area contributed by atoms with Crippen molar-refractivity contribution >= 4 is 27.6 Å². The predicted molar refractivity (Wildman–Crippen MR) is 114 cm³/mol. The van der Waals surface area contributed by atoms with Gasteiger partial charge in [-0.1, -0.05) is 48.1 Å². The zero-order valence-corrected chi connectivity index (χ0v) is 17.5. The van der Waals surface area contributed by atoms with Crippen LogP contribution in [-0.2, 0) is 9.84 Å². The predicted octanol–water partition coefficient (Wildman–Crippen LogP) is 4.35. The normalized spacial score (nSPS) is 17.3. The van der Waals surface area contributed by atoms with Crippen LogP contribution in [0.3, 0.4) is 0 Å². The SMILES string of the molecule is O=S(=O)(c1ccc2c(c1)C(=C1CCN(CCO)CC1)c1ccccc1C=C2)C(F)(F)F. The number of benzene rings is 2. The van der Waals surface area contributed by atoms with Crippen LogP contribution >= 0.6 is 0 Å². The summed E-state index contributed by atoms with van der Waals surface area (Å²) in [6.07, 6.45) is 5.10. The van der Waals surface area contributed by atoms with Crippen LogP contribution in [-0.4, -0.2) is 50.2 Å². The fourth-order valence-electron chi connectivity index (χ4n) is 4.21. The molecule has 1 saturated heterocycles. The van der Waals surface area contributed by atoms with Gasteiger partial charge in [0.05, 0.1) is 11.5 Å². The standard InChI is InChI=1S/C23H22F3NO3S/c24-23(25,26)31(29,30)19-8-7-17-6-5-16-3-1-2-4-20(16)22(21(17)15-19)18-9-11-27(12-10-18)13-14-28/h1-8,15,28H,9-14H2. The Hall–Kier alpha value is -2.42. The highest BCUT2D eigenvalue weighted by Gasteiger charge is 2.47. The number of halogens is 3. The maximum Gasteiger partial charge on any atom is 0.501 e. The zero-order chi connectivity index (χ0) is 22.2. The van der Waals surface area contributed by atoms with Crippen LogP contribution in [0.5, 0.6) is 0 Å². The third-order valence-corrected chi connectivity index (χ3v) is 7.30. The maximum absolute atomic E-state index is 13.2. The first-order valence-corrected chi connectivity index (χ1v) is 11.5. The molecule has 1 N–H and O–H groups in total. The number of alkyl halides is 3. The van der Waals surface area contributed by atoms with E-state index in [1.54, 1.807) is 0 Å². The third kappa shape index (κ3) is 4.07. The van der Waals surface area contributed by atoms with Crippen LogP contribution in [0.15, 0.2) is 52.9 Å². The Morgan fingerprint density at radius 2 is 1.58 bits per heavy atom. The molecule has 2 aliphatic rings. The van der Waals surface area contributed by atoms with Gasteiger partial charge in [0.25, 0.3) is 9.84 Å². The molecule has 1 aliphatic carbocycles. The molecular formula is C23H22F3NO3S. The summed E-state index contributed by atoms with van der Waals surface area (Å²) in [6, 6.07) is 11.2. The molecular weight excluding hydrogens is 427 g/mol. The first-order valence-electron chi connectivity index (χ1n) is 10.0. The summed E-state index contributed by atoms with van der Waals surface area (Å²) in [5, 5.41) is 9.19. The molecule has 164 valence electrons. The lowest BCUT2D eigenvalue weighted by Crippen LogP contribution is -2.33. The second kappa shape index (κ2) is 8.26. The van der Waals surface area contributed by atoms with Crippen molar-refractivity contribution in [3.63, 3.8) is 0 Å². The number of nitrogens with zero attached hydrogens (tertiary/aromatic N) is 1. The van der Waals surface area contributed by atoms with Gasteiger partial charge >= 0.3 is 5.51 Å². The van der Waals surface area contributed by atoms with Crippen molar-refractivity contribution < 1.29 is 26.7 Å². The van der Waals surface area contributed by atoms with Gasteiger partial charge in [0.15, 0.2) is 0 Å². The van der Waals surface area contributed by atoms with E-state index in [0.29, 0.717) is 30.5 Å². The van der Waals surface area contributed by atoms with Gasteiger partial charge in [-0.05, 0) is 52.8 Å². The average molecular weight is 449 g/mol. The molecule has 0 unspecified atom stereocenters. The summed E-state index contributed by atoms with van der Waals surface area (Å²) in [4.78, 5) is 1.39. The molecule has 1 fully saturated rings. The highest BCUT2D eigenvalue weighted by molar-refractivity contribution is 7.92. The molecule has 1 heterocycles. The number of aliphatic hydroxyl groups is 1. The molecule has 0 spiro atoms. The van der Waals surface area contributed by atoms with E-state index in [1.807, 2.05) is 36.4 Å². The van der Waals surface area contributed by atoms with Crippen molar-refractivity contribution in [2.75, 3.05) is 26.2 Å². The summed E-state index contributed by atoms with van der Waals surface area (Å²) < 4.78 is 63.8. The molecule has 0 amide bonds. The Bertz CT molecular complexity index is 1160. The van der Waals surface area contributed by atoms with Crippen molar-refractivity contribution in [2.45, 2.75) is 23.2 Å². The number of aliphatic hydroxyl groups excluding tert-OH is 1. The van der Waals surface area contributed by atoms with Crippen LogP contribution in [0.25, 0.3) is 17.7 Å². The van der Waals surface area contributed by atoms with Crippen molar-refractivity contribution in [1.82, 2.24) is 4.90 Å². The molecule has 31 heavy (non-hydrogen) atoms. The largest absolute Gasteiger partial charge is 0.501 e. The van der Waals surface area contributed by atoms with E-state index in [9.17, 15) is 26.7 Å². The van der Waals surface area contributed by atoms with Crippen molar-refractivity contribution in [2.24, 2.45) is 0 Å². The second-order valence-electron chi connectivity index (χ2n) is 7.66. The number of likely N-dealkylation sites (tertiary alicyclic amines) is 1. The fourth-order valence-corrected chi connectivity index (χ4v) is 5.00. The summed E-state index contributed by atoms with van der Waals surface area (Å²) in [5.74, 6) is 0. The Morgan fingerprint density at radius 3 is 2.23 bits per heavy atom. The van der Waals surface area contributed by atoms with E-state index in [0.717, 1.165) is 47.5 Å². The zero-order valence-electron chi connectivity index (χ0n) is 16.7. The van der Waals surface area contributed by atoms with Crippen LogP contribution in [0.2, 0.25) is 0 Å². The molecule has 0 radical (unpaired) electrons. The molecule has 2 aromatic rings. The van der Waals surface area contributed by atoms with Gasteiger partial charge in [0.2, 0.25) is 0 Å². The molecule has 0 saturated carbocycles. The quantitative estimate of drug-likeness (QED) is 0.646. The first-order chi connectivity index (χ1) is 14.7. The van der Waals surface area contributed by atoms with Crippen LogP contribution in [0, 0.1) is 0 Å². The molecule has 0 bridgehead atoms. The van der Waals surface area contributed by atoms with Gasteiger partial charge < -0.3 is 10.0 Å². The fraction of sp³-hybridized carbons (Fsp3) is 0.304. The van der Waals surface area contributed by atoms with Gasteiger partial charge in [-0.25, -0.2) is 8.42 Å². The number of sulfone groups is 1. The van der Waals surface area contributed by atoms with E-state index in [-0.39, 0.29) is 6.61 Å². The smallest absolute Gasteiger partial charge is 0.395 e. The van der Waals surface area contributed by atoms with E-state index < -0.39 is 20.2 Å². The highest BCUT2D eigenvalue weighted by atomic mass is 32.2. The lowest BCUT2D eigenvalue weighted by molar-refractivity contribution is -0.0436. The monoisotopic (exact) mass is 449 g/mol. The molecule has 1 aliphatic heterocycles. The molecule has 8 heteroatoms. The van der Waals surface area contributed by atoms with Crippen molar-refractivity contribution in [3.05, 3.63) is 70.3 Å². The molecule has 0 aromatic heterocycles. The Morgan fingerprint density at radius 1 is 0.935 bits per heavy atom. The molecule has 0 atom stereocenters. The van der Waals surface area contributed by atoms with Crippen molar-refractivity contribution in [1.29, 1.82) is 0 Å². The van der Waals surface area contributed by atoms with E-state index >= 15 is 0 Å². The Balaban J connectivity index is 1.90. The highest BCUT2D eigenvalue weighted by Crippen LogP contribution is 2.41. The van der Waals surface area contributed by atoms with Gasteiger partial charge in [-0.3, -0.25) is 0 Å². The number of fused-ring (bicyclic) bond motifs is 2. The lowest BCUT2D eigenvalue weighted by Gasteiger charge is -2.30.